The van der Waals surface area contributed by atoms with Gasteiger partial charge in [-0.2, -0.15) is 10.4 Å². The molecule has 0 N–H and O–H groups in total. The molecule has 0 bridgehead atoms. The van der Waals surface area contributed by atoms with E-state index in [0.29, 0.717) is 17.2 Å². The largest absolute Gasteiger partial charge is 0.441 e. The first kappa shape index (κ1) is 23.0. The van der Waals surface area contributed by atoms with Crippen LogP contribution >= 0.6 is 0 Å². The number of oxazole rings is 1. The molecule has 1 fully saturated rings. The zero-order valence-corrected chi connectivity index (χ0v) is 20.3. The molecule has 9 heteroatoms. The van der Waals surface area contributed by atoms with E-state index in [2.05, 4.69) is 51.9 Å². The SMILES string of the molecule is Cc1ncc(-c2cc(-c3ccc(N4CCN(CCOC(C)C)CC4)nc3)c3c(C#N)cnn3c2)o1. The molecule has 9 nitrogen and oxygen atoms in total. The molecule has 0 aliphatic carbocycles. The summed E-state index contributed by atoms with van der Waals surface area (Å²) in [6, 6.07) is 8.37. The standard InChI is InChI=1S/C26H29N7O2/c1-18(2)34-11-10-31-6-8-32(9-7-31)25-5-4-20(14-29-25)23-12-21(24-16-28-19(3)35-24)17-33-26(23)22(13-27)15-30-33/h4-5,12,14-18H,6-11H2,1-3H3. The topological polar surface area (TPSA) is 95.7 Å². The zero-order valence-electron chi connectivity index (χ0n) is 20.3. The van der Waals surface area contributed by atoms with E-state index in [1.807, 2.05) is 25.4 Å². The maximum absolute atomic E-state index is 9.64. The highest BCUT2D eigenvalue weighted by molar-refractivity contribution is 5.87. The molecule has 1 aliphatic heterocycles. The fourth-order valence-electron chi connectivity index (χ4n) is 4.40. The molecule has 0 unspecified atom stereocenters. The minimum atomic E-state index is 0.271. The Balaban J connectivity index is 1.37. The predicted octanol–water partition coefficient (Wildman–Crippen LogP) is 3.78. The minimum absolute atomic E-state index is 0.271. The summed E-state index contributed by atoms with van der Waals surface area (Å²) in [5.74, 6) is 2.21. The van der Waals surface area contributed by atoms with Gasteiger partial charge in [-0.25, -0.2) is 14.5 Å². The predicted molar refractivity (Wildman–Crippen MR) is 133 cm³/mol. The van der Waals surface area contributed by atoms with Crippen LogP contribution in [0, 0.1) is 18.3 Å². The summed E-state index contributed by atoms with van der Waals surface area (Å²) in [7, 11) is 0. The summed E-state index contributed by atoms with van der Waals surface area (Å²) in [5.41, 5.74) is 3.89. The average molecular weight is 472 g/mol. The molecule has 1 saturated heterocycles. The van der Waals surface area contributed by atoms with Gasteiger partial charge in [0, 0.05) is 68.7 Å². The first-order chi connectivity index (χ1) is 17.0. The molecule has 0 saturated carbocycles. The van der Waals surface area contributed by atoms with Crippen molar-refractivity contribution in [2.75, 3.05) is 44.2 Å². The summed E-state index contributed by atoms with van der Waals surface area (Å²) in [6.07, 6.45) is 7.28. The molecule has 35 heavy (non-hydrogen) atoms. The first-order valence-corrected chi connectivity index (χ1v) is 11.9. The Morgan fingerprint density at radius 2 is 1.91 bits per heavy atom. The van der Waals surface area contributed by atoms with Crippen molar-refractivity contribution in [2.45, 2.75) is 26.9 Å². The Hall–Kier alpha value is -3.74. The van der Waals surface area contributed by atoms with E-state index >= 15 is 0 Å². The molecular weight excluding hydrogens is 442 g/mol. The number of rotatable bonds is 7. The van der Waals surface area contributed by atoms with Crippen LogP contribution < -0.4 is 4.90 Å². The van der Waals surface area contributed by atoms with E-state index in [1.54, 1.807) is 16.9 Å². The number of nitrogens with zero attached hydrogens (tertiary/aromatic N) is 7. The van der Waals surface area contributed by atoms with E-state index in [0.717, 1.165) is 67.4 Å². The van der Waals surface area contributed by atoms with Gasteiger partial charge in [-0.3, -0.25) is 4.90 Å². The van der Waals surface area contributed by atoms with Gasteiger partial charge in [-0.1, -0.05) is 0 Å². The number of aromatic nitrogens is 4. The summed E-state index contributed by atoms with van der Waals surface area (Å²) in [5, 5.41) is 14.0. The van der Waals surface area contributed by atoms with Crippen molar-refractivity contribution in [3.63, 3.8) is 0 Å². The lowest BCUT2D eigenvalue weighted by atomic mass is 10.0. The molecule has 0 atom stereocenters. The van der Waals surface area contributed by atoms with Crippen molar-refractivity contribution >= 4 is 11.3 Å². The van der Waals surface area contributed by atoms with E-state index in [4.69, 9.17) is 14.1 Å². The quantitative estimate of drug-likeness (QED) is 0.402. The van der Waals surface area contributed by atoms with Crippen molar-refractivity contribution in [2.24, 2.45) is 0 Å². The van der Waals surface area contributed by atoms with Gasteiger partial charge in [0.05, 0.1) is 36.2 Å². The summed E-state index contributed by atoms with van der Waals surface area (Å²) in [6.45, 7) is 11.5. The van der Waals surface area contributed by atoms with E-state index < -0.39 is 0 Å². The summed E-state index contributed by atoms with van der Waals surface area (Å²) >= 11 is 0. The molecule has 5 rings (SSSR count). The lowest BCUT2D eigenvalue weighted by Gasteiger charge is -2.35. The van der Waals surface area contributed by atoms with Gasteiger partial charge in [0.1, 0.15) is 11.9 Å². The van der Waals surface area contributed by atoms with Crippen LogP contribution in [0.3, 0.4) is 0 Å². The third-order valence-corrected chi connectivity index (χ3v) is 6.25. The molecule has 4 aromatic rings. The Kier molecular flexibility index (Phi) is 6.49. The van der Waals surface area contributed by atoms with Gasteiger partial charge in [-0.15, -0.1) is 0 Å². The second kappa shape index (κ2) is 9.86. The average Bonchev–Trinajstić information content (AvgIpc) is 3.50. The second-order valence-corrected chi connectivity index (χ2v) is 9.00. The van der Waals surface area contributed by atoms with Gasteiger partial charge in [-0.05, 0) is 32.0 Å². The second-order valence-electron chi connectivity index (χ2n) is 9.00. The van der Waals surface area contributed by atoms with E-state index in [1.165, 1.54) is 0 Å². The molecular formula is C26H29N7O2. The molecule has 1 aliphatic rings. The highest BCUT2D eigenvalue weighted by Gasteiger charge is 2.19. The molecule has 4 aromatic heterocycles. The minimum Gasteiger partial charge on any atom is -0.441 e. The van der Waals surface area contributed by atoms with Gasteiger partial charge in [0.25, 0.3) is 0 Å². The summed E-state index contributed by atoms with van der Waals surface area (Å²) in [4.78, 5) is 13.7. The van der Waals surface area contributed by atoms with Crippen LogP contribution in [0.4, 0.5) is 5.82 Å². The number of pyridine rings is 2. The van der Waals surface area contributed by atoms with E-state index in [-0.39, 0.29) is 6.10 Å². The van der Waals surface area contributed by atoms with Crippen molar-refractivity contribution in [1.29, 1.82) is 5.26 Å². The number of anilines is 1. The van der Waals surface area contributed by atoms with Crippen LogP contribution in [0.15, 0.2) is 47.4 Å². The Labute approximate surface area is 204 Å². The molecule has 0 aromatic carbocycles. The lowest BCUT2D eigenvalue weighted by molar-refractivity contribution is 0.0578. The smallest absolute Gasteiger partial charge is 0.191 e. The molecule has 0 amide bonds. The fourth-order valence-corrected chi connectivity index (χ4v) is 4.40. The number of nitriles is 1. The van der Waals surface area contributed by atoms with Crippen molar-refractivity contribution < 1.29 is 9.15 Å². The highest BCUT2D eigenvalue weighted by atomic mass is 16.5. The van der Waals surface area contributed by atoms with E-state index in [9.17, 15) is 5.26 Å². The number of ether oxygens (including phenoxy) is 1. The Morgan fingerprint density at radius 3 is 2.57 bits per heavy atom. The molecule has 0 radical (unpaired) electrons. The number of hydrogen-bond donors (Lipinski definition) is 0. The van der Waals surface area contributed by atoms with Crippen LogP contribution in [0.2, 0.25) is 0 Å². The van der Waals surface area contributed by atoms with Gasteiger partial charge in [0.2, 0.25) is 0 Å². The van der Waals surface area contributed by atoms with Crippen LogP contribution in [-0.4, -0.2) is 69.9 Å². The number of aryl methyl sites for hydroxylation is 1. The van der Waals surface area contributed by atoms with Gasteiger partial charge in [0.15, 0.2) is 11.7 Å². The maximum atomic E-state index is 9.64. The Bertz CT molecular complexity index is 1340. The third-order valence-electron chi connectivity index (χ3n) is 6.25. The van der Waals surface area contributed by atoms with Crippen LogP contribution in [0.5, 0.6) is 0 Å². The number of hydrogen-bond acceptors (Lipinski definition) is 8. The fraction of sp³-hybridized carbons (Fsp3) is 0.385. The first-order valence-electron chi connectivity index (χ1n) is 11.9. The van der Waals surface area contributed by atoms with Crippen LogP contribution in [0.25, 0.3) is 28.0 Å². The summed E-state index contributed by atoms with van der Waals surface area (Å²) < 4.78 is 13.1. The van der Waals surface area contributed by atoms with Crippen molar-refractivity contribution in [3.05, 3.63) is 54.4 Å². The number of piperazine rings is 1. The molecule has 0 spiro atoms. The maximum Gasteiger partial charge on any atom is 0.191 e. The molecule has 5 heterocycles. The lowest BCUT2D eigenvalue weighted by Crippen LogP contribution is -2.47. The van der Waals surface area contributed by atoms with Crippen LogP contribution in [-0.2, 0) is 4.74 Å². The Morgan fingerprint density at radius 1 is 1.09 bits per heavy atom. The van der Waals surface area contributed by atoms with Crippen LogP contribution in [0.1, 0.15) is 25.3 Å². The highest BCUT2D eigenvalue weighted by Crippen LogP contribution is 2.32. The monoisotopic (exact) mass is 471 g/mol. The normalized spacial score (nSPS) is 14.7. The third kappa shape index (κ3) is 4.90. The van der Waals surface area contributed by atoms with Crippen molar-refractivity contribution in [1.82, 2.24) is 24.5 Å². The van der Waals surface area contributed by atoms with Crippen molar-refractivity contribution in [3.8, 4) is 28.5 Å². The molecule has 180 valence electrons. The van der Waals surface area contributed by atoms with Gasteiger partial charge < -0.3 is 14.1 Å². The number of fused-ring (bicyclic) bond motifs is 1. The van der Waals surface area contributed by atoms with Gasteiger partial charge >= 0.3 is 0 Å². The zero-order chi connectivity index (χ0) is 24.4.